The fourth-order valence-electron chi connectivity index (χ4n) is 4.25. The van der Waals surface area contributed by atoms with Crippen LogP contribution in [0.15, 0.2) is 0 Å². The van der Waals surface area contributed by atoms with Crippen molar-refractivity contribution in [2.75, 3.05) is 0 Å². The molecule has 0 atom stereocenters. The maximum absolute atomic E-state index is 2.42. The highest BCUT2D eigenvalue weighted by molar-refractivity contribution is 4.70. The van der Waals surface area contributed by atoms with Crippen molar-refractivity contribution in [3.63, 3.8) is 0 Å². The highest BCUT2D eigenvalue weighted by atomic mass is 14.2. The average molecular weight is 309 g/mol. The molecule has 22 heavy (non-hydrogen) atoms. The highest BCUT2D eigenvalue weighted by Crippen LogP contribution is 2.32. The van der Waals surface area contributed by atoms with Gasteiger partial charge in [0.15, 0.2) is 0 Å². The Labute approximate surface area is 141 Å². The fourth-order valence-corrected chi connectivity index (χ4v) is 4.25. The molecular formula is C22H44. The molecule has 2 aliphatic rings. The zero-order valence-electron chi connectivity index (χ0n) is 16.2. The molecule has 0 amide bonds. The van der Waals surface area contributed by atoms with Crippen LogP contribution in [-0.4, -0.2) is 0 Å². The molecule has 0 aromatic heterocycles. The van der Waals surface area contributed by atoms with E-state index in [1.54, 1.807) is 0 Å². The first-order valence-corrected chi connectivity index (χ1v) is 10.6. The smallest absolute Gasteiger partial charge is 0.0412 e. The number of rotatable bonds is 2. The van der Waals surface area contributed by atoms with Gasteiger partial charge < -0.3 is 0 Å². The molecule has 0 spiro atoms. The molecule has 0 heteroatoms. The van der Waals surface area contributed by atoms with Crippen molar-refractivity contribution in [2.45, 2.75) is 118 Å². The minimum absolute atomic E-state index is 0.911. The van der Waals surface area contributed by atoms with Crippen molar-refractivity contribution in [1.82, 2.24) is 0 Å². The molecule has 0 N–H and O–H groups in total. The molecule has 0 bridgehead atoms. The Morgan fingerprint density at radius 1 is 0.591 bits per heavy atom. The van der Waals surface area contributed by atoms with Gasteiger partial charge in [-0.3, -0.25) is 0 Å². The highest BCUT2D eigenvalue weighted by Gasteiger charge is 2.18. The van der Waals surface area contributed by atoms with E-state index in [-0.39, 0.29) is 0 Å². The van der Waals surface area contributed by atoms with E-state index < -0.39 is 0 Å². The van der Waals surface area contributed by atoms with Gasteiger partial charge in [-0.05, 0) is 30.1 Å². The van der Waals surface area contributed by atoms with Crippen LogP contribution < -0.4 is 0 Å². The zero-order valence-corrected chi connectivity index (χ0v) is 16.2. The lowest BCUT2D eigenvalue weighted by Gasteiger charge is -2.27. The lowest BCUT2D eigenvalue weighted by molar-refractivity contribution is 0.256. The molecule has 0 saturated heterocycles. The minimum atomic E-state index is 0.911. The minimum Gasteiger partial charge on any atom is -0.0628 e. The van der Waals surface area contributed by atoms with Crippen molar-refractivity contribution in [3.05, 3.63) is 0 Å². The van der Waals surface area contributed by atoms with Crippen molar-refractivity contribution < 1.29 is 0 Å². The molecule has 132 valence electrons. The summed E-state index contributed by atoms with van der Waals surface area (Å²) in [5, 5.41) is 0. The topological polar surface area (TPSA) is 0 Å². The van der Waals surface area contributed by atoms with Gasteiger partial charge in [-0.1, -0.05) is 111 Å². The molecule has 0 nitrogen and oxygen atoms in total. The third kappa shape index (κ3) is 10.7. The van der Waals surface area contributed by atoms with Gasteiger partial charge in [0.05, 0.1) is 0 Å². The molecular weight excluding hydrogens is 264 g/mol. The van der Waals surface area contributed by atoms with E-state index in [4.69, 9.17) is 0 Å². The summed E-state index contributed by atoms with van der Waals surface area (Å²) in [6.45, 7) is 9.50. The average Bonchev–Trinajstić information content (AvgIpc) is 2.49. The molecule has 0 radical (unpaired) electrons. The molecule has 2 saturated carbocycles. The van der Waals surface area contributed by atoms with E-state index in [1.807, 2.05) is 0 Å². The second-order valence-electron chi connectivity index (χ2n) is 8.91. The Morgan fingerprint density at radius 3 is 1.45 bits per heavy atom. The summed E-state index contributed by atoms with van der Waals surface area (Å²) in [4.78, 5) is 0. The predicted molar refractivity (Wildman–Crippen MR) is 101 cm³/mol. The van der Waals surface area contributed by atoms with Gasteiger partial charge in [0.25, 0.3) is 0 Å². The Kier molecular flexibility index (Phi) is 11.3. The van der Waals surface area contributed by atoms with Gasteiger partial charge in [0.1, 0.15) is 0 Å². The normalized spacial score (nSPS) is 28.8. The van der Waals surface area contributed by atoms with Crippen LogP contribution in [0.3, 0.4) is 0 Å². The summed E-state index contributed by atoms with van der Waals surface area (Å²) in [5.41, 5.74) is 0. The van der Waals surface area contributed by atoms with Gasteiger partial charge in [-0.25, -0.2) is 0 Å². The van der Waals surface area contributed by atoms with E-state index in [1.165, 1.54) is 89.9 Å². The van der Waals surface area contributed by atoms with Crippen LogP contribution in [0, 0.1) is 23.7 Å². The van der Waals surface area contributed by atoms with Crippen LogP contribution in [0.25, 0.3) is 0 Å². The molecule has 0 aliphatic heterocycles. The zero-order chi connectivity index (χ0) is 16.2. The van der Waals surface area contributed by atoms with E-state index in [9.17, 15) is 0 Å². The van der Waals surface area contributed by atoms with E-state index in [2.05, 4.69) is 27.7 Å². The molecule has 0 heterocycles. The second-order valence-corrected chi connectivity index (χ2v) is 8.91. The second kappa shape index (κ2) is 12.4. The lowest BCUT2D eigenvalue weighted by Crippen LogP contribution is -2.13. The maximum atomic E-state index is 2.42. The van der Waals surface area contributed by atoms with Crippen LogP contribution in [0.2, 0.25) is 0 Å². The van der Waals surface area contributed by atoms with Crippen molar-refractivity contribution in [2.24, 2.45) is 23.7 Å². The van der Waals surface area contributed by atoms with Gasteiger partial charge in [0.2, 0.25) is 0 Å². The largest absolute Gasteiger partial charge is 0.0628 e. The van der Waals surface area contributed by atoms with E-state index in [0.717, 1.165) is 23.7 Å². The van der Waals surface area contributed by atoms with Crippen LogP contribution in [-0.2, 0) is 0 Å². The van der Waals surface area contributed by atoms with Crippen molar-refractivity contribution in [3.8, 4) is 0 Å². The van der Waals surface area contributed by atoms with Crippen molar-refractivity contribution >= 4 is 0 Å². The monoisotopic (exact) mass is 308 g/mol. The standard InChI is InChI=1S/2C11H22/c1-9(2)8-11-6-4-10(3)5-7-11;1-11-9-7-5-3-2-4-6-8-10-11/h9-11H,4-8H2,1-3H3;11H,2-10H2,1H3. The summed E-state index contributed by atoms with van der Waals surface area (Å²) in [6.07, 6.45) is 20.8. The molecule has 0 unspecified atom stereocenters. The first-order chi connectivity index (χ1) is 10.6. The first kappa shape index (κ1) is 20.0. The predicted octanol–water partition coefficient (Wildman–Crippen LogP) is 8.01. The van der Waals surface area contributed by atoms with Gasteiger partial charge in [0, 0.05) is 0 Å². The van der Waals surface area contributed by atoms with E-state index in [0.29, 0.717) is 0 Å². The maximum Gasteiger partial charge on any atom is -0.0412 e. The molecule has 2 rings (SSSR count). The summed E-state index contributed by atoms with van der Waals surface area (Å²) < 4.78 is 0. The first-order valence-electron chi connectivity index (χ1n) is 10.6. The third-order valence-electron chi connectivity index (χ3n) is 5.83. The van der Waals surface area contributed by atoms with Crippen LogP contribution in [0.4, 0.5) is 0 Å². The fraction of sp³-hybridized carbons (Fsp3) is 1.00. The lowest BCUT2D eigenvalue weighted by atomic mass is 9.79. The number of hydrogen-bond donors (Lipinski definition) is 0. The SMILES string of the molecule is CC(C)CC1CCC(C)CC1.CC1CCCCCCCCC1. The number of hydrogen-bond acceptors (Lipinski definition) is 0. The van der Waals surface area contributed by atoms with Gasteiger partial charge >= 0.3 is 0 Å². The molecule has 2 fully saturated rings. The molecule has 0 aromatic rings. The van der Waals surface area contributed by atoms with E-state index >= 15 is 0 Å². The Balaban J connectivity index is 0.000000220. The Hall–Kier alpha value is 0. The summed E-state index contributed by atoms with van der Waals surface area (Å²) >= 11 is 0. The third-order valence-corrected chi connectivity index (χ3v) is 5.83. The van der Waals surface area contributed by atoms with Crippen LogP contribution in [0.1, 0.15) is 118 Å². The van der Waals surface area contributed by atoms with Crippen LogP contribution in [0.5, 0.6) is 0 Å². The Bertz CT molecular complexity index is 224. The molecule has 2 aliphatic carbocycles. The Morgan fingerprint density at radius 2 is 1.00 bits per heavy atom. The quantitative estimate of drug-likeness (QED) is 0.484. The van der Waals surface area contributed by atoms with Crippen molar-refractivity contribution in [1.29, 1.82) is 0 Å². The van der Waals surface area contributed by atoms with Crippen LogP contribution >= 0.6 is 0 Å². The summed E-state index contributed by atoms with van der Waals surface area (Å²) in [5.74, 6) is 3.99. The molecule has 0 aromatic carbocycles. The van der Waals surface area contributed by atoms with Gasteiger partial charge in [-0.15, -0.1) is 0 Å². The summed E-state index contributed by atoms with van der Waals surface area (Å²) in [7, 11) is 0. The summed E-state index contributed by atoms with van der Waals surface area (Å²) in [6, 6.07) is 0. The van der Waals surface area contributed by atoms with Gasteiger partial charge in [-0.2, -0.15) is 0 Å².